The number of hydrogen-bond acceptors (Lipinski definition) is 8. The number of hydrogen-bond donors (Lipinski definition) is 5. The molecule has 28 heavy (non-hydrogen) atoms. The van der Waals surface area contributed by atoms with E-state index in [0.29, 0.717) is 0 Å². The molecule has 2 rings (SSSR count). The average molecular weight is 405 g/mol. The first-order valence-electron chi connectivity index (χ1n) is 9.96. The molecule has 0 amide bonds. The molecular formula is C19H35NO8. The molecule has 2 fully saturated rings. The van der Waals surface area contributed by atoms with Crippen molar-refractivity contribution in [3.05, 3.63) is 0 Å². The minimum absolute atomic E-state index is 0.0162. The zero-order valence-electron chi connectivity index (χ0n) is 16.8. The van der Waals surface area contributed by atoms with Gasteiger partial charge in [0, 0.05) is 24.5 Å². The number of carboxylic acid groups (broad SMARTS) is 1. The molecule has 0 aromatic heterocycles. The molecule has 2 heterocycles. The summed E-state index contributed by atoms with van der Waals surface area (Å²) in [5.74, 6) is -1.74. The lowest BCUT2D eigenvalue weighted by Gasteiger charge is -2.44. The van der Waals surface area contributed by atoms with Crippen LogP contribution in [0.25, 0.3) is 0 Å². The zero-order valence-corrected chi connectivity index (χ0v) is 16.8. The summed E-state index contributed by atoms with van der Waals surface area (Å²) in [7, 11) is 0. The highest BCUT2D eigenvalue weighted by Gasteiger charge is 2.45. The van der Waals surface area contributed by atoms with Crippen LogP contribution in [0.2, 0.25) is 0 Å². The maximum Gasteiger partial charge on any atom is 0.333 e. The Morgan fingerprint density at radius 1 is 0.857 bits per heavy atom. The van der Waals surface area contributed by atoms with Crippen LogP contribution in [0, 0.1) is 29.6 Å². The predicted octanol–water partition coefficient (Wildman–Crippen LogP) is -0.933. The van der Waals surface area contributed by atoms with Gasteiger partial charge in [0.2, 0.25) is 0 Å². The van der Waals surface area contributed by atoms with E-state index >= 15 is 0 Å². The summed E-state index contributed by atoms with van der Waals surface area (Å²) in [4.78, 5) is 11.5. The highest BCUT2D eigenvalue weighted by molar-refractivity contribution is 5.73. The normalized spacial score (nSPS) is 44.4. The third-order valence-electron chi connectivity index (χ3n) is 6.75. The van der Waals surface area contributed by atoms with Gasteiger partial charge in [0.25, 0.3) is 0 Å². The maximum atomic E-state index is 11.5. The van der Waals surface area contributed by atoms with Crippen LogP contribution in [0.5, 0.6) is 0 Å². The number of carboxylic acids is 1. The van der Waals surface area contributed by atoms with E-state index in [0.717, 1.165) is 0 Å². The number of aliphatic carboxylic acids is 1. The van der Waals surface area contributed by atoms with Gasteiger partial charge < -0.3 is 40.4 Å². The number of rotatable bonds is 8. The summed E-state index contributed by atoms with van der Waals surface area (Å²) in [5.41, 5.74) is 6.14. The molecule has 6 N–H and O–H groups in total. The number of aliphatic hydroxyl groups is 3. The average Bonchev–Trinajstić information content (AvgIpc) is 2.68. The summed E-state index contributed by atoms with van der Waals surface area (Å²) < 4.78 is 17.3. The summed E-state index contributed by atoms with van der Waals surface area (Å²) in [6.45, 7) is 5.66. The maximum absolute atomic E-state index is 11.5. The second-order valence-corrected chi connectivity index (χ2v) is 8.21. The standard InChI is InChI=1S/C19H35NO8/c1-9-10(2)16(28-18(19(24)25)12(9)4-21)8-26-7-13-11(3)17(20)15(6-23)27-14(13)5-22/h9-18,21-23H,4-8,20H2,1-3H3,(H,24,25)/t9-,10?,11+,12-,13-,14?,15+,16+,17?,18?/m1/s1. The van der Waals surface area contributed by atoms with Crippen molar-refractivity contribution in [2.24, 2.45) is 35.3 Å². The molecular weight excluding hydrogens is 370 g/mol. The van der Waals surface area contributed by atoms with Gasteiger partial charge in [-0.2, -0.15) is 0 Å². The van der Waals surface area contributed by atoms with Crippen molar-refractivity contribution in [1.82, 2.24) is 0 Å². The van der Waals surface area contributed by atoms with E-state index in [1.54, 1.807) is 0 Å². The quantitative estimate of drug-likeness (QED) is 0.345. The van der Waals surface area contributed by atoms with Gasteiger partial charge in [-0.15, -0.1) is 0 Å². The van der Waals surface area contributed by atoms with Gasteiger partial charge in [-0.25, -0.2) is 4.79 Å². The van der Waals surface area contributed by atoms with Crippen molar-refractivity contribution < 1.29 is 39.4 Å². The van der Waals surface area contributed by atoms with Gasteiger partial charge in [-0.1, -0.05) is 20.8 Å². The lowest BCUT2D eigenvalue weighted by atomic mass is 9.76. The molecule has 0 spiro atoms. The molecule has 0 aromatic rings. The number of aliphatic hydroxyl groups excluding tert-OH is 3. The summed E-state index contributed by atoms with van der Waals surface area (Å²) in [5, 5.41) is 38.0. The van der Waals surface area contributed by atoms with Crippen molar-refractivity contribution in [3.8, 4) is 0 Å². The van der Waals surface area contributed by atoms with Gasteiger partial charge in [0.15, 0.2) is 6.10 Å². The van der Waals surface area contributed by atoms with Gasteiger partial charge in [0.1, 0.15) is 0 Å². The molecule has 0 saturated carbocycles. The molecule has 10 atom stereocenters. The van der Waals surface area contributed by atoms with E-state index in [9.17, 15) is 25.2 Å². The monoisotopic (exact) mass is 405 g/mol. The van der Waals surface area contributed by atoms with Gasteiger partial charge in [0.05, 0.1) is 44.7 Å². The molecule has 9 heteroatoms. The van der Waals surface area contributed by atoms with Crippen molar-refractivity contribution in [2.75, 3.05) is 33.0 Å². The fraction of sp³-hybridized carbons (Fsp3) is 0.947. The molecule has 0 aliphatic carbocycles. The Balaban J connectivity index is 1.96. The molecule has 0 bridgehead atoms. The Bertz CT molecular complexity index is 504. The van der Waals surface area contributed by atoms with Crippen molar-refractivity contribution in [1.29, 1.82) is 0 Å². The largest absolute Gasteiger partial charge is 0.479 e. The van der Waals surface area contributed by atoms with Crippen LogP contribution < -0.4 is 5.73 Å². The molecule has 0 aromatic carbocycles. The lowest BCUT2D eigenvalue weighted by Crippen LogP contribution is -2.57. The lowest BCUT2D eigenvalue weighted by molar-refractivity contribution is -0.198. The Kier molecular flexibility index (Phi) is 8.62. The molecule has 2 saturated heterocycles. The first kappa shape index (κ1) is 23.5. The van der Waals surface area contributed by atoms with E-state index in [1.165, 1.54) is 0 Å². The van der Waals surface area contributed by atoms with Gasteiger partial charge in [-0.05, 0) is 17.8 Å². The van der Waals surface area contributed by atoms with E-state index < -0.39 is 36.3 Å². The molecule has 164 valence electrons. The minimum atomic E-state index is -1.08. The summed E-state index contributed by atoms with van der Waals surface area (Å²) in [6.07, 6.45) is -2.48. The highest BCUT2D eigenvalue weighted by atomic mass is 16.6. The van der Waals surface area contributed by atoms with E-state index in [1.807, 2.05) is 20.8 Å². The fourth-order valence-corrected chi connectivity index (χ4v) is 4.41. The third kappa shape index (κ3) is 4.84. The van der Waals surface area contributed by atoms with E-state index in [-0.39, 0.29) is 62.7 Å². The van der Waals surface area contributed by atoms with E-state index in [2.05, 4.69) is 0 Å². The second-order valence-electron chi connectivity index (χ2n) is 8.21. The van der Waals surface area contributed by atoms with Crippen molar-refractivity contribution in [2.45, 2.75) is 51.2 Å². The van der Waals surface area contributed by atoms with Crippen LogP contribution in [0.3, 0.4) is 0 Å². The Morgan fingerprint density at radius 2 is 1.50 bits per heavy atom. The summed E-state index contributed by atoms with van der Waals surface area (Å²) in [6, 6.07) is -0.368. The fourth-order valence-electron chi connectivity index (χ4n) is 4.41. The SMILES string of the molecule is CC1[C@H](COC[C@H]2C(CO)O[C@@H](CO)C(N)[C@H]2C)OC(C(=O)O)[C@H](CO)[C@@H]1C. The summed E-state index contributed by atoms with van der Waals surface area (Å²) >= 11 is 0. The first-order valence-corrected chi connectivity index (χ1v) is 9.96. The van der Waals surface area contributed by atoms with Crippen LogP contribution in [0.15, 0.2) is 0 Å². The van der Waals surface area contributed by atoms with Gasteiger partial charge >= 0.3 is 5.97 Å². The van der Waals surface area contributed by atoms with Crippen molar-refractivity contribution in [3.63, 3.8) is 0 Å². The number of ether oxygens (including phenoxy) is 3. The Morgan fingerprint density at radius 3 is 2.04 bits per heavy atom. The number of nitrogens with two attached hydrogens (primary N) is 1. The van der Waals surface area contributed by atoms with Crippen LogP contribution in [-0.4, -0.2) is 89.9 Å². The topological polar surface area (TPSA) is 152 Å². The molecule has 9 nitrogen and oxygen atoms in total. The first-order chi connectivity index (χ1) is 13.3. The minimum Gasteiger partial charge on any atom is -0.479 e. The molecule has 2 aliphatic rings. The molecule has 0 radical (unpaired) electrons. The second kappa shape index (κ2) is 10.3. The predicted molar refractivity (Wildman–Crippen MR) is 99.5 cm³/mol. The molecule has 2 aliphatic heterocycles. The van der Waals surface area contributed by atoms with Crippen LogP contribution in [0.4, 0.5) is 0 Å². The highest BCUT2D eigenvalue weighted by Crippen LogP contribution is 2.36. The Hall–Kier alpha value is -0.810. The van der Waals surface area contributed by atoms with E-state index in [4.69, 9.17) is 19.9 Å². The smallest absolute Gasteiger partial charge is 0.333 e. The van der Waals surface area contributed by atoms with Crippen LogP contribution in [0.1, 0.15) is 20.8 Å². The Labute approximate surface area is 165 Å². The zero-order chi connectivity index (χ0) is 21.0. The van der Waals surface area contributed by atoms with Crippen LogP contribution in [-0.2, 0) is 19.0 Å². The van der Waals surface area contributed by atoms with Crippen molar-refractivity contribution >= 4 is 5.97 Å². The van der Waals surface area contributed by atoms with Crippen LogP contribution >= 0.6 is 0 Å². The third-order valence-corrected chi connectivity index (χ3v) is 6.75. The number of carbonyl (C=O) groups is 1. The van der Waals surface area contributed by atoms with Gasteiger partial charge in [-0.3, -0.25) is 0 Å². The molecule has 4 unspecified atom stereocenters.